The van der Waals surface area contributed by atoms with Crippen LogP contribution in [0.25, 0.3) is 39.5 Å². The fourth-order valence-corrected chi connectivity index (χ4v) is 6.21. The smallest absolute Gasteiger partial charge is 1.00 e. The second-order valence-electron chi connectivity index (χ2n) is 10.5. The van der Waals surface area contributed by atoms with E-state index >= 15 is 0 Å². The molecule has 208 valence electrons. The first-order valence-corrected chi connectivity index (χ1v) is 16.4. The number of hydrogen-bond acceptors (Lipinski definition) is 0. The minimum atomic E-state index is 0. The molecule has 7 rings (SSSR count). The second-order valence-corrected chi connectivity index (χ2v) is 11.6. The molecule has 0 amide bonds. The Morgan fingerprint density at radius 3 is 2.02 bits per heavy atom. The summed E-state index contributed by atoms with van der Waals surface area (Å²) >= 11 is 0. The predicted octanol–water partition coefficient (Wildman–Crippen LogP) is 3.86. The van der Waals surface area contributed by atoms with Gasteiger partial charge in [0.1, 0.15) is 0 Å². The van der Waals surface area contributed by atoms with E-state index < -0.39 is 0 Å². The molecule has 4 heteroatoms. The Bertz CT molecular complexity index is 1660. The van der Waals surface area contributed by atoms with Gasteiger partial charge >= 0.3 is 26.2 Å². The van der Waals surface area contributed by atoms with Gasteiger partial charge < -0.3 is 24.8 Å². The van der Waals surface area contributed by atoms with E-state index in [1.807, 2.05) is 0 Å². The molecular weight excluding hydrogens is 647 g/mol. The van der Waals surface area contributed by atoms with Crippen LogP contribution in [0.15, 0.2) is 115 Å². The Kier molecular flexibility index (Phi) is 12.4. The molecule has 42 heavy (non-hydrogen) atoms. The van der Waals surface area contributed by atoms with E-state index in [-0.39, 0.29) is 56.9 Å². The van der Waals surface area contributed by atoms with Crippen molar-refractivity contribution >= 4 is 15.6 Å². The van der Waals surface area contributed by atoms with Crippen LogP contribution in [0.4, 0.5) is 0 Å². The second kappa shape index (κ2) is 15.3. The topological polar surface area (TPSA) is 0 Å². The molecule has 0 bridgehead atoms. The molecule has 0 nitrogen and oxygen atoms in total. The molecule has 0 aromatic heterocycles. The molecule has 0 saturated heterocycles. The van der Waals surface area contributed by atoms with Gasteiger partial charge in [-0.2, -0.15) is 18.2 Å². The zero-order valence-corrected chi connectivity index (χ0v) is 29.4. The third-order valence-electron chi connectivity index (χ3n) is 7.97. The fourth-order valence-electron chi connectivity index (χ4n) is 6.21. The van der Waals surface area contributed by atoms with Crippen LogP contribution in [0.1, 0.15) is 47.1 Å². The molecule has 2 radical (unpaired) electrons. The first-order valence-electron chi connectivity index (χ1n) is 14.1. The van der Waals surface area contributed by atoms with Crippen LogP contribution in [0.5, 0.6) is 0 Å². The van der Waals surface area contributed by atoms with E-state index in [0.717, 1.165) is 22.4 Å². The van der Waals surface area contributed by atoms with Gasteiger partial charge in [-0.15, -0.1) is 16.7 Å². The summed E-state index contributed by atoms with van der Waals surface area (Å²) in [5.41, 5.74) is 16.4. The Hall–Kier alpha value is -2.48. The van der Waals surface area contributed by atoms with E-state index in [1.165, 1.54) is 66.8 Å². The average molecular weight is 681 g/mol. The molecular formula is C38H34Cl2SiZr. The Morgan fingerprint density at radius 1 is 0.690 bits per heavy atom. The Balaban J connectivity index is 0.000000776. The van der Waals surface area contributed by atoms with Crippen LogP contribution in [-0.4, -0.2) is 9.52 Å². The minimum absolute atomic E-state index is 0. The molecule has 0 aliphatic heterocycles. The molecule has 0 saturated carbocycles. The maximum atomic E-state index is 3.69. The quantitative estimate of drug-likeness (QED) is 0.196. The summed E-state index contributed by atoms with van der Waals surface area (Å²) in [7, 11) is 0.750. The van der Waals surface area contributed by atoms with Gasteiger partial charge in [-0.25, -0.2) is 0 Å². The summed E-state index contributed by atoms with van der Waals surface area (Å²) in [5.74, 6) is 0.276. The molecule has 1 unspecified atom stereocenters. The number of rotatable bonds is 4. The van der Waals surface area contributed by atoms with Gasteiger partial charge in [0.05, 0.1) is 0 Å². The average Bonchev–Trinajstić information content (AvgIpc) is 3.56. The van der Waals surface area contributed by atoms with Crippen molar-refractivity contribution in [3.05, 3.63) is 149 Å². The third-order valence-corrected chi connectivity index (χ3v) is 7.97. The summed E-state index contributed by atoms with van der Waals surface area (Å²) in [6, 6.07) is 43.4. The van der Waals surface area contributed by atoms with Crippen LogP contribution in [-0.2, 0) is 32.6 Å². The number of halogens is 2. The van der Waals surface area contributed by atoms with Crippen LogP contribution < -0.4 is 24.8 Å². The molecule has 0 spiro atoms. The molecule has 5 aromatic rings. The minimum Gasteiger partial charge on any atom is -1.00 e. The Labute approximate surface area is 285 Å². The van der Waals surface area contributed by atoms with Crippen molar-refractivity contribution in [3.8, 4) is 33.4 Å². The van der Waals surface area contributed by atoms with Crippen molar-refractivity contribution in [3.63, 3.8) is 0 Å². The van der Waals surface area contributed by atoms with Crippen molar-refractivity contribution < 1.29 is 51.0 Å². The maximum Gasteiger partial charge on any atom is 3.00 e. The number of fused-ring (bicyclic) bond motifs is 4. The van der Waals surface area contributed by atoms with Gasteiger partial charge in [-0.1, -0.05) is 129 Å². The third kappa shape index (κ3) is 6.39. The van der Waals surface area contributed by atoms with Gasteiger partial charge in [-0.3, -0.25) is 0 Å². The molecule has 1 atom stereocenters. The monoisotopic (exact) mass is 678 g/mol. The van der Waals surface area contributed by atoms with Crippen LogP contribution >= 0.6 is 0 Å². The van der Waals surface area contributed by atoms with E-state index in [4.69, 9.17) is 0 Å². The number of allylic oxidation sites excluding steroid dienone is 1. The summed E-state index contributed by atoms with van der Waals surface area (Å²) in [4.78, 5) is 0. The van der Waals surface area contributed by atoms with Crippen molar-refractivity contribution in [2.24, 2.45) is 0 Å². The maximum absolute atomic E-state index is 3.69. The van der Waals surface area contributed by atoms with E-state index in [9.17, 15) is 0 Å². The fraction of sp³-hybridized carbons (Fsp3) is 0.158. The molecule has 0 heterocycles. The van der Waals surface area contributed by atoms with Gasteiger partial charge in [0, 0.05) is 15.4 Å². The predicted molar refractivity (Wildman–Crippen MR) is 170 cm³/mol. The van der Waals surface area contributed by atoms with Gasteiger partial charge in [0.15, 0.2) is 0 Å². The van der Waals surface area contributed by atoms with E-state index in [0.29, 0.717) is 0 Å². The molecule has 2 aliphatic carbocycles. The molecule has 0 fully saturated rings. The SMILES string of the molecule is CCC1=Cc2c(-c3ccc(-c4ccccc4)cc3)cccc2C1c1[c-]ccc2c1Cc1ccccc1-2.C[SiH]C.[Cl-].[Cl-].[Zr+3]. The summed E-state index contributed by atoms with van der Waals surface area (Å²) in [6.07, 6.45) is 4.49. The molecule has 0 N–H and O–H groups in total. The van der Waals surface area contributed by atoms with Gasteiger partial charge in [0.2, 0.25) is 0 Å². The number of benzene rings is 5. The standard InChI is InChI=1S/C36H27.C2H7Si.2ClH.Zr/c1-2-24-22-34-29(27-20-18-26(19-21-27)25-10-4-3-5-11-25)14-8-16-32(34)36(24)33-17-9-15-31-30-13-7-6-12-28(30)23-35(31)33;1-3-2;;;/h3-16,18-22,36H,2,23H2,1H3;3H,1-2H3;2*1H;/q-1;;;;+3/p-2. The summed E-state index contributed by atoms with van der Waals surface area (Å²) < 4.78 is 0. The normalized spacial score (nSPS) is 13.5. The zero-order valence-electron chi connectivity index (χ0n) is 24.3. The van der Waals surface area contributed by atoms with Crippen molar-refractivity contribution in [1.29, 1.82) is 0 Å². The first kappa shape index (κ1) is 34.0. The molecule has 5 aromatic carbocycles. The zero-order chi connectivity index (χ0) is 26.8. The summed E-state index contributed by atoms with van der Waals surface area (Å²) in [6.45, 7) is 6.71. The Morgan fingerprint density at radius 2 is 1.31 bits per heavy atom. The van der Waals surface area contributed by atoms with Crippen LogP contribution in [0.3, 0.4) is 0 Å². The van der Waals surface area contributed by atoms with E-state index in [2.05, 4.69) is 141 Å². The van der Waals surface area contributed by atoms with Crippen molar-refractivity contribution in [2.75, 3.05) is 0 Å². The van der Waals surface area contributed by atoms with Crippen LogP contribution in [0.2, 0.25) is 13.1 Å². The molecule has 2 aliphatic rings. The van der Waals surface area contributed by atoms with Crippen LogP contribution in [0, 0.1) is 6.07 Å². The first-order chi connectivity index (χ1) is 19.2. The van der Waals surface area contributed by atoms with Crippen molar-refractivity contribution in [1.82, 2.24) is 0 Å². The largest absolute Gasteiger partial charge is 3.00 e. The van der Waals surface area contributed by atoms with Crippen molar-refractivity contribution in [2.45, 2.75) is 38.8 Å². The van der Waals surface area contributed by atoms with Gasteiger partial charge in [-0.05, 0) is 57.3 Å². The summed E-state index contributed by atoms with van der Waals surface area (Å²) in [5, 5.41) is 0. The van der Waals surface area contributed by atoms with E-state index in [1.54, 1.807) is 0 Å². The number of hydrogen-bond donors (Lipinski definition) is 0. The van der Waals surface area contributed by atoms with Gasteiger partial charge in [0.25, 0.3) is 0 Å².